The van der Waals surface area contributed by atoms with E-state index < -0.39 is 0 Å². The minimum absolute atomic E-state index is 0.0623. The van der Waals surface area contributed by atoms with Crippen LogP contribution in [0.4, 0.5) is 0 Å². The number of hydrogen-bond donors (Lipinski definition) is 2. The number of likely N-dealkylation sites (N-methyl/N-ethyl adjacent to an activating group) is 1. The lowest BCUT2D eigenvalue weighted by Crippen LogP contribution is -2.48. The van der Waals surface area contributed by atoms with Crippen molar-refractivity contribution in [2.75, 3.05) is 19.6 Å². The van der Waals surface area contributed by atoms with Gasteiger partial charge in [0.05, 0.1) is 19.1 Å². The van der Waals surface area contributed by atoms with E-state index in [4.69, 9.17) is 0 Å². The molecule has 0 aliphatic carbocycles. The van der Waals surface area contributed by atoms with Gasteiger partial charge in [-0.3, -0.25) is 14.5 Å². The van der Waals surface area contributed by atoms with Gasteiger partial charge in [-0.25, -0.2) is 0 Å². The Morgan fingerprint density at radius 1 is 1.00 bits per heavy atom. The van der Waals surface area contributed by atoms with E-state index >= 15 is 0 Å². The molecule has 0 bridgehead atoms. The third-order valence-corrected chi connectivity index (χ3v) is 4.20. The third kappa shape index (κ3) is 9.57. The summed E-state index contributed by atoms with van der Waals surface area (Å²) in [5.41, 5.74) is 2.13. The van der Waals surface area contributed by atoms with Crippen molar-refractivity contribution in [2.45, 2.75) is 66.5 Å². The highest BCUT2D eigenvalue weighted by Gasteiger charge is 2.18. The van der Waals surface area contributed by atoms with Crippen molar-refractivity contribution in [1.82, 2.24) is 15.5 Å². The maximum absolute atomic E-state index is 12.4. The summed E-state index contributed by atoms with van der Waals surface area (Å²) in [6, 6.07) is 8.36. The Morgan fingerprint density at radius 3 is 2.04 bits per heavy atom. The number of carbonyl (C=O) groups excluding carboxylic acids is 2. The number of carbonyl (C=O) groups is 2. The summed E-state index contributed by atoms with van der Waals surface area (Å²) in [5, 5.41) is 5.96. The van der Waals surface area contributed by atoms with Crippen molar-refractivity contribution in [3.05, 3.63) is 35.4 Å². The zero-order valence-electron chi connectivity index (χ0n) is 18.1. The maximum atomic E-state index is 12.4. The molecule has 0 aliphatic rings. The number of amides is 2. The molecule has 152 valence electrons. The first kappa shape index (κ1) is 23.2. The predicted octanol–water partition coefficient (Wildman–Crippen LogP) is 3.30. The van der Waals surface area contributed by atoms with E-state index in [0.717, 1.165) is 12.0 Å². The molecule has 0 heterocycles. The van der Waals surface area contributed by atoms with Crippen LogP contribution in [0.5, 0.6) is 0 Å². The summed E-state index contributed by atoms with van der Waals surface area (Å²) in [5.74, 6) is 0.494. The number of rotatable bonds is 9. The van der Waals surface area contributed by atoms with E-state index in [-0.39, 0.29) is 36.5 Å². The second kappa shape index (κ2) is 10.5. The first-order chi connectivity index (χ1) is 12.5. The number of benzene rings is 1. The molecule has 1 atom stereocenters. The van der Waals surface area contributed by atoms with Gasteiger partial charge in [0.1, 0.15) is 0 Å². The molecule has 0 fully saturated rings. The van der Waals surface area contributed by atoms with E-state index in [2.05, 4.69) is 48.7 Å². The van der Waals surface area contributed by atoms with Gasteiger partial charge in [0, 0.05) is 5.54 Å². The molecule has 0 saturated heterocycles. The molecule has 2 N–H and O–H groups in total. The molecule has 0 aliphatic heterocycles. The normalized spacial score (nSPS) is 12.9. The summed E-state index contributed by atoms with van der Waals surface area (Å²) >= 11 is 0. The molecule has 5 nitrogen and oxygen atoms in total. The van der Waals surface area contributed by atoms with Crippen LogP contribution < -0.4 is 10.6 Å². The lowest BCUT2D eigenvalue weighted by Gasteiger charge is -2.25. The molecular weight excluding hydrogens is 338 g/mol. The fourth-order valence-electron chi connectivity index (χ4n) is 2.93. The van der Waals surface area contributed by atoms with Crippen molar-refractivity contribution >= 4 is 11.8 Å². The Kier molecular flexibility index (Phi) is 8.97. The van der Waals surface area contributed by atoms with Crippen LogP contribution in [0.1, 0.15) is 65.6 Å². The summed E-state index contributed by atoms with van der Waals surface area (Å²) in [7, 11) is 0. The van der Waals surface area contributed by atoms with Crippen molar-refractivity contribution in [3.63, 3.8) is 0 Å². The van der Waals surface area contributed by atoms with Gasteiger partial charge in [0.25, 0.3) is 0 Å². The van der Waals surface area contributed by atoms with E-state index in [0.29, 0.717) is 12.5 Å². The summed E-state index contributed by atoms with van der Waals surface area (Å²) < 4.78 is 0. The van der Waals surface area contributed by atoms with E-state index in [9.17, 15) is 9.59 Å². The van der Waals surface area contributed by atoms with Crippen LogP contribution in [-0.4, -0.2) is 41.9 Å². The highest BCUT2D eigenvalue weighted by molar-refractivity contribution is 5.81. The fraction of sp³-hybridized carbons (Fsp3) is 0.636. The smallest absolute Gasteiger partial charge is 0.234 e. The molecule has 0 aromatic heterocycles. The van der Waals surface area contributed by atoms with Crippen molar-refractivity contribution in [3.8, 4) is 0 Å². The molecule has 27 heavy (non-hydrogen) atoms. The monoisotopic (exact) mass is 375 g/mol. The van der Waals surface area contributed by atoms with Gasteiger partial charge in [0.15, 0.2) is 0 Å². The van der Waals surface area contributed by atoms with Gasteiger partial charge in [-0.05, 0) is 57.7 Å². The van der Waals surface area contributed by atoms with Crippen molar-refractivity contribution in [2.24, 2.45) is 5.92 Å². The number of nitrogens with zero attached hydrogens (tertiary/aromatic N) is 1. The van der Waals surface area contributed by atoms with E-state index in [1.807, 2.05) is 39.5 Å². The largest absolute Gasteiger partial charge is 0.350 e. The molecule has 1 aromatic carbocycles. The second-order valence-electron chi connectivity index (χ2n) is 8.73. The number of hydrogen-bond acceptors (Lipinski definition) is 3. The Morgan fingerprint density at radius 2 is 1.56 bits per heavy atom. The van der Waals surface area contributed by atoms with Crippen LogP contribution in [0.15, 0.2) is 24.3 Å². The molecule has 2 amide bonds. The Bertz CT molecular complexity index is 603. The zero-order valence-corrected chi connectivity index (χ0v) is 18.1. The molecule has 5 heteroatoms. The Labute approximate surface area is 164 Å². The molecule has 1 rings (SSSR count). The predicted molar refractivity (Wildman–Crippen MR) is 112 cm³/mol. The van der Waals surface area contributed by atoms with Crippen LogP contribution in [0, 0.1) is 5.92 Å². The van der Waals surface area contributed by atoms with Gasteiger partial charge < -0.3 is 10.6 Å². The minimum Gasteiger partial charge on any atom is -0.350 e. The highest BCUT2D eigenvalue weighted by atomic mass is 16.2. The quantitative estimate of drug-likeness (QED) is 0.696. The van der Waals surface area contributed by atoms with Gasteiger partial charge in [-0.1, -0.05) is 45.0 Å². The summed E-state index contributed by atoms with van der Waals surface area (Å²) in [6.45, 7) is 15.3. The minimum atomic E-state index is -0.269. The SMILES string of the molecule is CCN(CC(=O)NC(C)c1ccc(CC(C)C)cc1)CC(=O)NC(C)(C)C. The zero-order chi connectivity index (χ0) is 20.6. The first-order valence-electron chi connectivity index (χ1n) is 9.91. The number of nitrogens with one attached hydrogen (secondary N) is 2. The molecule has 0 radical (unpaired) electrons. The topological polar surface area (TPSA) is 61.4 Å². The van der Waals surface area contributed by atoms with Gasteiger partial charge in [-0.15, -0.1) is 0 Å². The molecule has 0 spiro atoms. The molecule has 1 unspecified atom stereocenters. The van der Waals surface area contributed by atoms with Crippen LogP contribution in [0.3, 0.4) is 0 Å². The van der Waals surface area contributed by atoms with Crippen molar-refractivity contribution < 1.29 is 9.59 Å². The highest BCUT2D eigenvalue weighted by Crippen LogP contribution is 2.15. The molecule has 1 aromatic rings. The second-order valence-corrected chi connectivity index (χ2v) is 8.73. The Hall–Kier alpha value is -1.88. The van der Waals surface area contributed by atoms with E-state index in [1.54, 1.807) is 0 Å². The maximum Gasteiger partial charge on any atom is 0.234 e. The summed E-state index contributed by atoms with van der Waals surface area (Å²) in [6.07, 6.45) is 1.06. The fourth-order valence-corrected chi connectivity index (χ4v) is 2.93. The van der Waals surface area contributed by atoms with Crippen molar-refractivity contribution in [1.29, 1.82) is 0 Å². The van der Waals surface area contributed by atoms with Crippen LogP contribution in [-0.2, 0) is 16.0 Å². The lowest BCUT2D eigenvalue weighted by atomic mass is 10.00. The average molecular weight is 376 g/mol. The van der Waals surface area contributed by atoms with Crippen LogP contribution in [0.25, 0.3) is 0 Å². The first-order valence-corrected chi connectivity index (χ1v) is 9.91. The van der Waals surface area contributed by atoms with Gasteiger partial charge in [0.2, 0.25) is 11.8 Å². The standard InChI is InChI=1S/C22H37N3O2/c1-8-25(15-21(27)24-22(5,6)7)14-20(26)23-17(4)19-11-9-18(10-12-19)13-16(2)3/h9-12,16-17H,8,13-15H2,1-7H3,(H,23,26)(H,24,27). The molecular formula is C22H37N3O2. The summed E-state index contributed by atoms with van der Waals surface area (Å²) in [4.78, 5) is 26.3. The average Bonchev–Trinajstić information content (AvgIpc) is 2.52. The molecule has 0 saturated carbocycles. The van der Waals surface area contributed by atoms with Gasteiger partial charge >= 0.3 is 0 Å². The van der Waals surface area contributed by atoms with Gasteiger partial charge in [-0.2, -0.15) is 0 Å². The van der Waals surface area contributed by atoms with E-state index in [1.165, 1.54) is 5.56 Å². The third-order valence-electron chi connectivity index (χ3n) is 4.20. The lowest BCUT2D eigenvalue weighted by molar-refractivity contribution is -0.126. The van der Waals surface area contributed by atoms with Crippen LogP contribution >= 0.6 is 0 Å². The Balaban J connectivity index is 2.54. The van der Waals surface area contributed by atoms with Crippen LogP contribution in [0.2, 0.25) is 0 Å².